The number of carbonyl (C=O) groups is 1. The summed E-state index contributed by atoms with van der Waals surface area (Å²) < 4.78 is 12.3. The molecular formula is C14H16N2O3S. The number of esters is 1. The second-order valence-electron chi connectivity index (χ2n) is 4.59. The van der Waals surface area contributed by atoms with E-state index in [4.69, 9.17) is 9.47 Å². The van der Waals surface area contributed by atoms with Gasteiger partial charge in [-0.3, -0.25) is 4.79 Å². The molecule has 0 amide bonds. The minimum atomic E-state index is -0.145. The Kier molecular flexibility index (Phi) is 3.93. The van der Waals surface area contributed by atoms with E-state index in [1.807, 2.05) is 24.3 Å². The lowest BCUT2D eigenvalue weighted by atomic mass is 10.3. The van der Waals surface area contributed by atoms with Gasteiger partial charge in [-0.1, -0.05) is 23.9 Å². The molecule has 0 aliphatic carbocycles. The van der Waals surface area contributed by atoms with Crippen molar-refractivity contribution in [1.82, 2.24) is 9.55 Å². The number of aromatic nitrogens is 2. The zero-order valence-corrected chi connectivity index (χ0v) is 12.1. The predicted molar refractivity (Wildman–Crippen MR) is 76.8 cm³/mol. The number of hydrogen-bond acceptors (Lipinski definition) is 5. The number of methoxy groups -OCH3 is 1. The van der Waals surface area contributed by atoms with Crippen LogP contribution < -0.4 is 0 Å². The molecule has 5 nitrogen and oxygen atoms in total. The number of benzene rings is 1. The summed E-state index contributed by atoms with van der Waals surface area (Å²) in [4.78, 5) is 16.2. The molecule has 1 aromatic heterocycles. The van der Waals surface area contributed by atoms with Gasteiger partial charge in [-0.15, -0.1) is 0 Å². The van der Waals surface area contributed by atoms with E-state index in [1.165, 1.54) is 11.8 Å². The van der Waals surface area contributed by atoms with Crippen LogP contribution in [-0.4, -0.2) is 41.1 Å². The Balaban J connectivity index is 1.93. The second-order valence-corrected chi connectivity index (χ2v) is 5.76. The quantitative estimate of drug-likeness (QED) is 0.790. The van der Waals surface area contributed by atoms with Crippen molar-refractivity contribution < 1.29 is 14.3 Å². The van der Waals surface area contributed by atoms with Gasteiger partial charge in [-0.25, -0.2) is 4.98 Å². The molecule has 2 aromatic rings. The SMILES string of the molecule is COCCn1c(S[C@H]2CCOC2=O)nc2ccccc21. The van der Waals surface area contributed by atoms with Crippen LogP contribution in [0, 0.1) is 0 Å². The first kappa shape index (κ1) is 13.5. The Labute approximate surface area is 121 Å². The number of fused-ring (bicyclic) bond motifs is 1. The largest absolute Gasteiger partial charge is 0.465 e. The molecule has 106 valence electrons. The Hall–Kier alpha value is -1.53. The van der Waals surface area contributed by atoms with Gasteiger partial charge in [0, 0.05) is 20.1 Å². The fourth-order valence-electron chi connectivity index (χ4n) is 2.25. The third kappa shape index (κ3) is 2.53. The maximum atomic E-state index is 11.6. The topological polar surface area (TPSA) is 53.4 Å². The minimum absolute atomic E-state index is 0.139. The maximum absolute atomic E-state index is 11.6. The van der Waals surface area contributed by atoms with E-state index in [1.54, 1.807) is 7.11 Å². The summed E-state index contributed by atoms with van der Waals surface area (Å²) in [5, 5.41) is 0.709. The van der Waals surface area contributed by atoms with Crippen LogP contribution in [0.25, 0.3) is 11.0 Å². The lowest BCUT2D eigenvalue weighted by Gasteiger charge is -2.09. The first-order valence-corrected chi connectivity index (χ1v) is 7.45. The third-order valence-electron chi connectivity index (χ3n) is 3.27. The van der Waals surface area contributed by atoms with Gasteiger partial charge in [0.1, 0.15) is 5.25 Å². The lowest BCUT2D eigenvalue weighted by molar-refractivity contribution is -0.137. The highest BCUT2D eigenvalue weighted by atomic mass is 32.2. The number of carbonyl (C=O) groups excluding carboxylic acids is 1. The van der Waals surface area contributed by atoms with Crippen molar-refractivity contribution >= 4 is 28.8 Å². The number of para-hydroxylation sites is 2. The Morgan fingerprint density at radius 1 is 1.50 bits per heavy atom. The summed E-state index contributed by atoms with van der Waals surface area (Å²) in [5.41, 5.74) is 2.01. The van der Waals surface area contributed by atoms with Gasteiger partial charge in [-0.2, -0.15) is 0 Å². The molecule has 1 atom stereocenters. The molecule has 1 aromatic carbocycles. The number of thioether (sulfide) groups is 1. The van der Waals surface area contributed by atoms with Gasteiger partial charge in [-0.05, 0) is 12.1 Å². The molecule has 0 spiro atoms. The molecule has 0 N–H and O–H groups in total. The van der Waals surface area contributed by atoms with Gasteiger partial charge in [0.15, 0.2) is 5.16 Å². The molecule has 6 heteroatoms. The zero-order chi connectivity index (χ0) is 13.9. The van der Waals surface area contributed by atoms with E-state index in [0.29, 0.717) is 13.2 Å². The van der Waals surface area contributed by atoms with Crippen LogP contribution in [0.3, 0.4) is 0 Å². The van der Waals surface area contributed by atoms with Gasteiger partial charge in [0.2, 0.25) is 0 Å². The number of cyclic esters (lactones) is 1. The molecule has 3 rings (SSSR count). The van der Waals surface area contributed by atoms with Crippen LogP contribution in [0.4, 0.5) is 0 Å². The monoisotopic (exact) mass is 292 g/mol. The molecule has 1 fully saturated rings. The Bertz CT molecular complexity index is 626. The average molecular weight is 292 g/mol. The highest BCUT2D eigenvalue weighted by Gasteiger charge is 2.29. The third-order valence-corrected chi connectivity index (χ3v) is 4.51. The summed E-state index contributed by atoms with van der Waals surface area (Å²) in [7, 11) is 1.68. The van der Waals surface area contributed by atoms with Crippen LogP contribution in [0.5, 0.6) is 0 Å². The molecule has 0 unspecified atom stereocenters. The van der Waals surface area contributed by atoms with Crippen molar-refractivity contribution in [2.45, 2.75) is 23.4 Å². The van der Waals surface area contributed by atoms with Crippen LogP contribution in [0.2, 0.25) is 0 Å². The summed E-state index contributed by atoms with van der Waals surface area (Å²) in [6, 6.07) is 7.98. The first-order valence-electron chi connectivity index (χ1n) is 6.57. The zero-order valence-electron chi connectivity index (χ0n) is 11.2. The summed E-state index contributed by atoms with van der Waals surface area (Å²) >= 11 is 1.48. The smallest absolute Gasteiger partial charge is 0.319 e. The molecule has 20 heavy (non-hydrogen) atoms. The van der Waals surface area contributed by atoms with Crippen molar-refractivity contribution in [3.8, 4) is 0 Å². The Morgan fingerprint density at radius 3 is 3.10 bits per heavy atom. The molecule has 0 saturated carbocycles. The highest BCUT2D eigenvalue weighted by Crippen LogP contribution is 2.31. The molecule has 2 heterocycles. The van der Waals surface area contributed by atoms with Crippen molar-refractivity contribution in [1.29, 1.82) is 0 Å². The molecule has 1 aliphatic rings. The van der Waals surface area contributed by atoms with Crippen molar-refractivity contribution in [3.63, 3.8) is 0 Å². The average Bonchev–Trinajstić information content (AvgIpc) is 3.01. The lowest BCUT2D eigenvalue weighted by Crippen LogP contribution is -2.12. The van der Waals surface area contributed by atoms with Crippen molar-refractivity contribution in [2.24, 2.45) is 0 Å². The van der Waals surface area contributed by atoms with E-state index in [2.05, 4.69) is 9.55 Å². The Morgan fingerprint density at radius 2 is 2.35 bits per heavy atom. The standard InChI is InChI=1S/C14H16N2O3S/c1-18-9-7-16-11-5-3-2-4-10(11)15-14(16)20-12-6-8-19-13(12)17/h2-5,12H,6-9H2,1H3/t12-/m0/s1. The van der Waals surface area contributed by atoms with Gasteiger partial charge < -0.3 is 14.0 Å². The normalized spacial score (nSPS) is 18.6. The van der Waals surface area contributed by atoms with Crippen LogP contribution in [-0.2, 0) is 20.8 Å². The van der Waals surface area contributed by atoms with Crippen molar-refractivity contribution in [2.75, 3.05) is 20.3 Å². The number of imidazole rings is 1. The highest BCUT2D eigenvalue weighted by molar-refractivity contribution is 8.00. The fraction of sp³-hybridized carbons (Fsp3) is 0.429. The second kappa shape index (κ2) is 5.85. The van der Waals surface area contributed by atoms with Crippen LogP contribution in [0.1, 0.15) is 6.42 Å². The summed E-state index contributed by atoms with van der Waals surface area (Å²) in [6.07, 6.45) is 0.747. The van der Waals surface area contributed by atoms with E-state index in [-0.39, 0.29) is 11.2 Å². The van der Waals surface area contributed by atoms with E-state index < -0.39 is 0 Å². The van der Waals surface area contributed by atoms with E-state index in [9.17, 15) is 4.79 Å². The summed E-state index contributed by atoms with van der Waals surface area (Å²) in [6.45, 7) is 1.85. The molecular weight excluding hydrogens is 276 g/mol. The minimum Gasteiger partial charge on any atom is -0.465 e. The number of hydrogen-bond donors (Lipinski definition) is 0. The molecule has 0 bridgehead atoms. The molecule has 0 radical (unpaired) electrons. The van der Waals surface area contributed by atoms with Crippen LogP contribution in [0.15, 0.2) is 29.4 Å². The van der Waals surface area contributed by atoms with E-state index >= 15 is 0 Å². The molecule has 1 saturated heterocycles. The molecule has 1 aliphatic heterocycles. The van der Waals surface area contributed by atoms with Crippen molar-refractivity contribution in [3.05, 3.63) is 24.3 Å². The van der Waals surface area contributed by atoms with E-state index in [0.717, 1.165) is 29.2 Å². The maximum Gasteiger partial charge on any atom is 0.319 e. The fourth-order valence-corrected chi connectivity index (χ4v) is 3.35. The number of rotatable bonds is 5. The number of ether oxygens (including phenoxy) is 2. The van der Waals surface area contributed by atoms with Gasteiger partial charge in [0.25, 0.3) is 0 Å². The van der Waals surface area contributed by atoms with Crippen LogP contribution >= 0.6 is 11.8 Å². The van der Waals surface area contributed by atoms with Gasteiger partial charge >= 0.3 is 5.97 Å². The summed E-state index contributed by atoms with van der Waals surface area (Å²) in [5.74, 6) is -0.139. The number of nitrogens with zero attached hydrogens (tertiary/aromatic N) is 2. The van der Waals surface area contributed by atoms with Gasteiger partial charge in [0.05, 0.1) is 24.2 Å². The first-order chi connectivity index (χ1) is 9.79. The predicted octanol–water partition coefficient (Wildman–Crippen LogP) is 2.09.